The average molecular weight is 730 g/mol. The zero-order valence-corrected chi connectivity index (χ0v) is 30.7. The Balaban J connectivity index is 0.00000144. The lowest BCUT2D eigenvalue weighted by molar-refractivity contribution is 0.251. The van der Waals surface area contributed by atoms with Crippen LogP contribution in [0.15, 0.2) is 83.7 Å². The van der Waals surface area contributed by atoms with Gasteiger partial charge in [0.05, 0.1) is 35.6 Å². The summed E-state index contributed by atoms with van der Waals surface area (Å²) in [6, 6.07) is 22.5. The highest BCUT2D eigenvalue weighted by molar-refractivity contribution is 6.32. The van der Waals surface area contributed by atoms with Crippen molar-refractivity contribution in [3.8, 4) is 22.9 Å². The van der Waals surface area contributed by atoms with Crippen LogP contribution < -0.4 is 37.1 Å². The van der Waals surface area contributed by atoms with Crippen molar-refractivity contribution in [3.63, 3.8) is 0 Å². The van der Waals surface area contributed by atoms with E-state index in [2.05, 4.69) is 27.2 Å². The number of halogens is 1. The number of para-hydroxylation sites is 1. The van der Waals surface area contributed by atoms with Gasteiger partial charge in [0.1, 0.15) is 29.7 Å². The number of carbonyl (C=O) groups excluding carboxylic acids is 2. The molecule has 0 spiro atoms. The van der Waals surface area contributed by atoms with Gasteiger partial charge in [0, 0.05) is 35.3 Å². The maximum absolute atomic E-state index is 13.4. The molecule has 5 aromatic rings. The number of carbonyl (C=O) groups is 2. The lowest BCUT2D eigenvalue weighted by Crippen LogP contribution is -2.29. The molecule has 2 aromatic heterocycles. The number of rotatable bonds is 10. The molecule has 0 radical (unpaired) electrons. The van der Waals surface area contributed by atoms with Gasteiger partial charge in [-0.15, -0.1) is 0 Å². The first-order valence-corrected chi connectivity index (χ1v) is 16.7. The second-order valence-electron chi connectivity index (χ2n) is 13.0. The smallest absolute Gasteiger partial charge is 0.320 e. The molecule has 0 saturated heterocycles. The molecule has 0 saturated carbocycles. The molecule has 0 atom stereocenters. The number of methoxy groups -OCH3 is 1. The first kappa shape index (κ1) is 38.8. The summed E-state index contributed by atoms with van der Waals surface area (Å²) in [4.78, 5) is 35.5. The molecular formula is C38H44ClN7O6. The molecule has 52 heavy (non-hydrogen) atoms. The molecule has 4 amide bonds. The van der Waals surface area contributed by atoms with E-state index in [1.165, 1.54) is 6.07 Å². The molecule has 0 aliphatic carbocycles. The van der Waals surface area contributed by atoms with Crippen LogP contribution in [0.5, 0.6) is 17.2 Å². The summed E-state index contributed by atoms with van der Waals surface area (Å²) >= 11 is 6.02. The van der Waals surface area contributed by atoms with E-state index in [0.29, 0.717) is 29.4 Å². The van der Waals surface area contributed by atoms with Gasteiger partial charge in [-0.25, -0.2) is 14.3 Å². The number of anilines is 1. The zero-order valence-electron chi connectivity index (χ0n) is 30.0. The van der Waals surface area contributed by atoms with E-state index < -0.39 is 12.1 Å². The van der Waals surface area contributed by atoms with Crippen molar-refractivity contribution >= 4 is 29.5 Å². The molecule has 3 aromatic carbocycles. The maximum Gasteiger partial charge on any atom is 0.320 e. The standard InChI is InChI=1S/C37H40ClN5O5.CH4N2O/c1-23-17-32(24(2)35(45)42(23)21-26-12-9-10-14-31(26)47-6)48-22-27-13-8-7-11-25(27)20-39-36(46)40-34-19-33(37(3,4)5)41-43(34)28-15-16-29(38)30(44)18-28;2-1(3)4/h7-19,44H,20-22H2,1-6H3,(H2,39,40,46);(H4,2,3,4). The monoisotopic (exact) mass is 729 g/mol. The van der Waals surface area contributed by atoms with E-state index in [4.69, 9.17) is 25.9 Å². The number of hydrogen-bond donors (Lipinski definition) is 5. The molecule has 0 unspecified atom stereocenters. The van der Waals surface area contributed by atoms with Crippen LogP contribution in [-0.2, 0) is 25.1 Å². The Bertz CT molecular complexity index is 2120. The van der Waals surface area contributed by atoms with Gasteiger partial charge in [-0.2, -0.15) is 5.10 Å². The summed E-state index contributed by atoms with van der Waals surface area (Å²) in [5.74, 6) is 1.57. The molecule has 0 aliphatic rings. The minimum atomic E-state index is -0.833. The van der Waals surface area contributed by atoms with Crippen LogP contribution in [0.2, 0.25) is 5.02 Å². The number of urea groups is 2. The van der Waals surface area contributed by atoms with Gasteiger partial charge in [-0.1, -0.05) is 74.8 Å². The quantitative estimate of drug-likeness (QED) is 0.112. The van der Waals surface area contributed by atoms with Crippen molar-refractivity contribution in [2.75, 3.05) is 12.4 Å². The van der Waals surface area contributed by atoms with Crippen LogP contribution in [0, 0.1) is 13.8 Å². The Labute approximate surface area is 307 Å². The van der Waals surface area contributed by atoms with E-state index in [-0.39, 0.29) is 34.9 Å². The molecule has 274 valence electrons. The lowest BCUT2D eigenvalue weighted by atomic mass is 9.92. The van der Waals surface area contributed by atoms with Gasteiger partial charge < -0.3 is 35.9 Å². The maximum atomic E-state index is 13.4. The largest absolute Gasteiger partial charge is 0.506 e. The number of nitrogens with two attached hydrogens (primary N) is 2. The van der Waals surface area contributed by atoms with Crippen molar-refractivity contribution < 1.29 is 24.2 Å². The van der Waals surface area contributed by atoms with Crippen LogP contribution in [-0.4, -0.2) is 38.6 Å². The van der Waals surface area contributed by atoms with E-state index in [1.807, 2.05) is 88.4 Å². The van der Waals surface area contributed by atoms with Gasteiger partial charge in [0.25, 0.3) is 5.56 Å². The SMILES string of the molecule is COc1ccccc1Cn1c(C)cc(OCc2ccccc2CNC(=O)Nc2cc(C(C)(C)C)nn2-c2ccc(Cl)c(O)c2)c(C)c1=O.NC(N)=O. The van der Waals surface area contributed by atoms with Crippen LogP contribution >= 0.6 is 11.6 Å². The molecule has 0 bridgehead atoms. The number of phenolic OH excluding ortho intramolecular Hbond substituents is 1. The fraction of sp³-hybridized carbons (Fsp3) is 0.263. The van der Waals surface area contributed by atoms with Gasteiger partial charge in [0.15, 0.2) is 0 Å². The topological polar surface area (TPSA) is 189 Å². The number of aromatic nitrogens is 3. The number of aromatic hydroxyl groups is 1. The Morgan fingerprint density at radius 2 is 1.56 bits per heavy atom. The molecule has 13 nitrogen and oxygen atoms in total. The predicted molar refractivity (Wildman–Crippen MR) is 202 cm³/mol. The summed E-state index contributed by atoms with van der Waals surface area (Å²) in [5.41, 5.74) is 13.3. The number of amides is 4. The van der Waals surface area contributed by atoms with E-state index >= 15 is 0 Å². The Morgan fingerprint density at radius 3 is 2.19 bits per heavy atom. The first-order chi connectivity index (χ1) is 24.6. The second kappa shape index (κ2) is 16.8. The van der Waals surface area contributed by atoms with Crippen LogP contribution in [0.3, 0.4) is 0 Å². The Kier molecular flexibility index (Phi) is 12.6. The fourth-order valence-corrected chi connectivity index (χ4v) is 5.34. The number of benzene rings is 3. The van der Waals surface area contributed by atoms with Crippen LogP contribution in [0.25, 0.3) is 5.69 Å². The summed E-state index contributed by atoms with van der Waals surface area (Å²) < 4.78 is 14.9. The normalized spacial score (nSPS) is 10.9. The number of primary amides is 2. The summed E-state index contributed by atoms with van der Waals surface area (Å²) in [6.45, 7) is 10.5. The number of aryl methyl sites for hydroxylation is 1. The molecule has 2 heterocycles. The van der Waals surface area contributed by atoms with Crippen LogP contribution in [0.1, 0.15) is 54.4 Å². The number of nitrogens with zero attached hydrogens (tertiary/aromatic N) is 3. The predicted octanol–water partition coefficient (Wildman–Crippen LogP) is 6.29. The molecule has 5 rings (SSSR count). The van der Waals surface area contributed by atoms with Crippen molar-refractivity contribution in [1.29, 1.82) is 0 Å². The van der Waals surface area contributed by atoms with Gasteiger partial charge in [-0.3, -0.25) is 10.1 Å². The van der Waals surface area contributed by atoms with Crippen molar-refractivity contribution in [2.24, 2.45) is 11.5 Å². The fourth-order valence-electron chi connectivity index (χ4n) is 5.22. The van der Waals surface area contributed by atoms with Crippen LogP contribution in [0.4, 0.5) is 15.4 Å². The molecule has 7 N–H and O–H groups in total. The number of pyridine rings is 1. The van der Waals surface area contributed by atoms with Gasteiger partial charge >= 0.3 is 12.1 Å². The highest BCUT2D eigenvalue weighted by Gasteiger charge is 2.22. The van der Waals surface area contributed by atoms with E-state index in [0.717, 1.165) is 33.8 Å². The number of phenols is 1. The summed E-state index contributed by atoms with van der Waals surface area (Å²) in [5, 5.41) is 20.9. The Hall–Kier alpha value is -5.95. The third-order valence-electron chi connectivity index (χ3n) is 8.06. The van der Waals surface area contributed by atoms with Crippen molar-refractivity contribution in [3.05, 3.63) is 128 Å². The van der Waals surface area contributed by atoms with Crippen molar-refractivity contribution in [2.45, 2.75) is 59.7 Å². The minimum absolute atomic E-state index is 0.0874. The average Bonchev–Trinajstić information content (AvgIpc) is 3.52. The summed E-state index contributed by atoms with van der Waals surface area (Å²) in [7, 11) is 1.62. The zero-order chi connectivity index (χ0) is 38.2. The molecule has 0 fully saturated rings. The minimum Gasteiger partial charge on any atom is -0.506 e. The number of hydrogen-bond acceptors (Lipinski definition) is 7. The highest BCUT2D eigenvalue weighted by atomic mass is 35.5. The van der Waals surface area contributed by atoms with E-state index in [1.54, 1.807) is 35.4 Å². The third-order valence-corrected chi connectivity index (χ3v) is 8.38. The van der Waals surface area contributed by atoms with Crippen molar-refractivity contribution in [1.82, 2.24) is 19.7 Å². The van der Waals surface area contributed by atoms with E-state index in [9.17, 15) is 14.7 Å². The molecule has 14 heteroatoms. The lowest BCUT2D eigenvalue weighted by Gasteiger charge is -2.17. The highest BCUT2D eigenvalue weighted by Crippen LogP contribution is 2.30. The molecular weight excluding hydrogens is 686 g/mol. The number of ether oxygens (including phenoxy) is 2. The van der Waals surface area contributed by atoms with Gasteiger partial charge in [0.2, 0.25) is 0 Å². The number of nitrogens with one attached hydrogen (secondary N) is 2. The first-order valence-electron chi connectivity index (χ1n) is 16.3. The summed E-state index contributed by atoms with van der Waals surface area (Å²) in [6.07, 6.45) is 0. The second-order valence-corrected chi connectivity index (χ2v) is 13.4. The Morgan fingerprint density at radius 1 is 0.923 bits per heavy atom. The molecule has 0 aliphatic heterocycles. The van der Waals surface area contributed by atoms with Gasteiger partial charge in [-0.05, 0) is 49.2 Å². The third kappa shape index (κ3) is 9.85.